The maximum Gasteiger partial charge on any atom is 0.257 e. The Balaban J connectivity index is 1.54. The van der Waals surface area contributed by atoms with Gasteiger partial charge in [0.05, 0.1) is 16.8 Å². The normalized spacial score (nSPS) is 10.4. The summed E-state index contributed by atoms with van der Waals surface area (Å²) in [6.45, 7) is 0. The number of pyridine rings is 2. The molecular formula is C22H16N4O2. The molecule has 136 valence electrons. The Morgan fingerprint density at radius 3 is 2.39 bits per heavy atom. The SMILES string of the molecule is O=C(Nc1cccc(C(=O)Nc2cccc3ncccc23)c1)c1cccnc1. The molecule has 2 heterocycles. The summed E-state index contributed by atoms with van der Waals surface area (Å²) < 4.78 is 0. The Morgan fingerprint density at radius 2 is 1.54 bits per heavy atom. The first-order valence-electron chi connectivity index (χ1n) is 8.67. The van der Waals surface area contributed by atoms with Crippen molar-refractivity contribution in [2.75, 3.05) is 10.6 Å². The zero-order chi connectivity index (χ0) is 19.3. The quantitative estimate of drug-likeness (QED) is 0.567. The number of nitrogens with zero attached hydrogens (tertiary/aromatic N) is 2. The van der Waals surface area contributed by atoms with E-state index >= 15 is 0 Å². The van der Waals surface area contributed by atoms with Crippen LogP contribution in [0.3, 0.4) is 0 Å². The number of rotatable bonds is 4. The average Bonchev–Trinajstić information content (AvgIpc) is 2.75. The number of nitrogens with one attached hydrogen (secondary N) is 2. The molecule has 2 aromatic heterocycles. The highest BCUT2D eigenvalue weighted by atomic mass is 16.2. The summed E-state index contributed by atoms with van der Waals surface area (Å²) in [5.74, 6) is -0.556. The monoisotopic (exact) mass is 368 g/mol. The van der Waals surface area contributed by atoms with Crippen molar-refractivity contribution in [3.05, 3.63) is 96.4 Å². The van der Waals surface area contributed by atoms with Gasteiger partial charge in [0.25, 0.3) is 11.8 Å². The van der Waals surface area contributed by atoms with Crippen LogP contribution in [0.5, 0.6) is 0 Å². The van der Waals surface area contributed by atoms with E-state index < -0.39 is 0 Å². The first kappa shape index (κ1) is 17.4. The number of hydrogen-bond acceptors (Lipinski definition) is 4. The maximum absolute atomic E-state index is 12.7. The van der Waals surface area contributed by atoms with Gasteiger partial charge in [-0.15, -0.1) is 0 Å². The van der Waals surface area contributed by atoms with Gasteiger partial charge in [-0.3, -0.25) is 19.6 Å². The number of amides is 2. The highest BCUT2D eigenvalue weighted by molar-refractivity contribution is 6.10. The van der Waals surface area contributed by atoms with E-state index in [0.717, 1.165) is 10.9 Å². The molecule has 28 heavy (non-hydrogen) atoms. The molecule has 0 aliphatic heterocycles. The van der Waals surface area contributed by atoms with Crippen LogP contribution in [0.1, 0.15) is 20.7 Å². The Labute approximate surface area is 161 Å². The van der Waals surface area contributed by atoms with E-state index in [2.05, 4.69) is 20.6 Å². The highest BCUT2D eigenvalue weighted by Gasteiger charge is 2.11. The van der Waals surface area contributed by atoms with Crippen molar-refractivity contribution in [1.29, 1.82) is 0 Å². The summed E-state index contributed by atoms with van der Waals surface area (Å²) in [5, 5.41) is 6.55. The van der Waals surface area contributed by atoms with Crippen LogP contribution in [-0.2, 0) is 0 Å². The van der Waals surface area contributed by atoms with Crippen LogP contribution in [0.4, 0.5) is 11.4 Å². The fourth-order valence-corrected chi connectivity index (χ4v) is 2.85. The highest BCUT2D eigenvalue weighted by Crippen LogP contribution is 2.22. The van der Waals surface area contributed by atoms with Crippen molar-refractivity contribution >= 4 is 34.1 Å². The van der Waals surface area contributed by atoms with Crippen molar-refractivity contribution in [2.24, 2.45) is 0 Å². The summed E-state index contributed by atoms with van der Waals surface area (Å²) in [4.78, 5) is 33.2. The number of anilines is 2. The van der Waals surface area contributed by atoms with Crippen molar-refractivity contribution in [3.8, 4) is 0 Å². The molecule has 0 unspecified atom stereocenters. The fourth-order valence-electron chi connectivity index (χ4n) is 2.85. The van der Waals surface area contributed by atoms with Crippen molar-refractivity contribution in [2.45, 2.75) is 0 Å². The van der Waals surface area contributed by atoms with E-state index in [9.17, 15) is 9.59 Å². The number of carbonyl (C=O) groups is 2. The maximum atomic E-state index is 12.7. The second-order valence-corrected chi connectivity index (χ2v) is 6.11. The fraction of sp³-hybridized carbons (Fsp3) is 0. The molecule has 2 N–H and O–H groups in total. The molecule has 6 nitrogen and oxygen atoms in total. The lowest BCUT2D eigenvalue weighted by molar-refractivity contribution is 0.101. The molecule has 0 saturated heterocycles. The van der Waals surface area contributed by atoms with E-state index in [1.165, 1.54) is 6.20 Å². The number of carbonyl (C=O) groups excluding carboxylic acids is 2. The standard InChI is InChI=1S/C22H16N4O2/c27-21(26-20-10-2-9-19-18(20)8-4-12-24-19)15-5-1-7-17(13-15)25-22(28)16-6-3-11-23-14-16/h1-14H,(H,25,28)(H,26,27). The van der Waals surface area contributed by atoms with Gasteiger partial charge < -0.3 is 10.6 Å². The van der Waals surface area contributed by atoms with E-state index in [0.29, 0.717) is 22.5 Å². The minimum atomic E-state index is -0.286. The molecule has 6 heteroatoms. The van der Waals surface area contributed by atoms with Gasteiger partial charge in [0.2, 0.25) is 0 Å². The molecule has 0 radical (unpaired) electrons. The topological polar surface area (TPSA) is 84.0 Å². The predicted molar refractivity (Wildman–Crippen MR) is 108 cm³/mol. The van der Waals surface area contributed by atoms with Crippen LogP contribution >= 0.6 is 0 Å². The third-order valence-electron chi connectivity index (χ3n) is 4.20. The van der Waals surface area contributed by atoms with Crippen molar-refractivity contribution in [1.82, 2.24) is 9.97 Å². The lowest BCUT2D eigenvalue weighted by atomic mass is 10.1. The number of aromatic nitrogens is 2. The summed E-state index contributed by atoms with van der Waals surface area (Å²) in [6, 6.07) is 19.4. The van der Waals surface area contributed by atoms with E-state index in [1.807, 2.05) is 30.3 Å². The molecular weight excluding hydrogens is 352 g/mol. The molecule has 0 atom stereocenters. The van der Waals surface area contributed by atoms with Gasteiger partial charge in [0.1, 0.15) is 0 Å². The van der Waals surface area contributed by atoms with Gasteiger partial charge >= 0.3 is 0 Å². The Hall–Kier alpha value is -4.06. The molecule has 4 aromatic rings. The molecule has 0 spiro atoms. The molecule has 0 aliphatic rings. The summed E-state index contributed by atoms with van der Waals surface area (Å²) in [5.41, 5.74) is 2.89. The minimum Gasteiger partial charge on any atom is -0.322 e. The Kier molecular flexibility index (Phi) is 4.76. The summed E-state index contributed by atoms with van der Waals surface area (Å²) >= 11 is 0. The molecule has 0 bridgehead atoms. The molecule has 2 amide bonds. The molecule has 4 rings (SSSR count). The first-order valence-corrected chi connectivity index (χ1v) is 8.67. The third kappa shape index (κ3) is 3.71. The second-order valence-electron chi connectivity index (χ2n) is 6.11. The van der Waals surface area contributed by atoms with Gasteiger partial charge in [0.15, 0.2) is 0 Å². The van der Waals surface area contributed by atoms with Crippen LogP contribution in [-0.4, -0.2) is 21.8 Å². The Bertz CT molecular complexity index is 1150. The first-order chi connectivity index (χ1) is 13.7. The lowest BCUT2D eigenvalue weighted by Crippen LogP contribution is -2.15. The van der Waals surface area contributed by atoms with Crippen LogP contribution in [0.2, 0.25) is 0 Å². The largest absolute Gasteiger partial charge is 0.322 e. The predicted octanol–water partition coefficient (Wildman–Crippen LogP) is 4.13. The van der Waals surface area contributed by atoms with Crippen molar-refractivity contribution < 1.29 is 9.59 Å². The number of fused-ring (bicyclic) bond motifs is 1. The summed E-state index contributed by atoms with van der Waals surface area (Å²) in [6.07, 6.45) is 4.80. The van der Waals surface area contributed by atoms with Crippen LogP contribution in [0.25, 0.3) is 10.9 Å². The minimum absolute atomic E-state index is 0.270. The molecule has 2 aromatic carbocycles. The number of benzene rings is 2. The van der Waals surface area contributed by atoms with Gasteiger partial charge in [0, 0.05) is 35.2 Å². The zero-order valence-corrected chi connectivity index (χ0v) is 14.8. The van der Waals surface area contributed by atoms with E-state index in [-0.39, 0.29) is 11.8 Å². The molecule has 0 aliphatic carbocycles. The van der Waals surface area contributed by atoms with Gasteiger partial charge in [-0.25, -0.2) is 0 Å². The third-order valence-corrected chi connectivity index (χ3v) is 4.20. The molecule has 0 fully saturated rings. The van der Waals surface area contributed by atoms with Crippen LogP contribution < -0.4 is 10.6 Å². The van der Waals surface area contributed by atoms with Gasteiger partial charge in [-0.05, 0) is 54.6 Å². The van der Waals surface area contributed by atoms with Gasteiger partial charge in [-0.1, -0.05) is 12.1 Å². The lowest BCUT2D eigenvalue weighted by Gasteiger charge is -2.10. The number of hydrogen-bond donors (Lipinski definition) is 2. The second kappa shape index (κ2) is 7.67. The smallest absolute Gasteiger partial charge is 0.257 e. The summed E-state index contributed by atoms with van der Waals surface area (Å²) in [7, 11) is 0. The Morgan fingerprint density at radius 1 is 0.750 bits per heavy atom. The zero-order valence-electron chi connectivity index (χ0n) is 14.8. The van der Waals surface area contributed by atoms with Crippen molar-refractivity contribution in [3.63, 3.8) is 0 Å². The molecule has 0 saturated carbocycles. The van der Waals surface area contributed by atoms with Crippen LogP contribution in [0.15, 0.2) is 85.3 Å². The van der Waals surface area contributed by atoms with Gasteiger partial charge in [-0.2, -0.15) is 0 Å². The average molecular weight is 368 g/mol. The van der Waals surface area contributed by atoms with E-state index in [4.69, 9.17) is 0 Å². The van der Waals surface area contributed by atoms with E-state index in [1.54, 1.807) is 48.8 Å². The van der Waals surface area contributed by atoms with Crippen LogP contribution in [0, 0.1) is 0 Å².